The molecule has 0 aliphatic carbocycles. The van der Waals surface area contributed by atoms with Gasteiger partial charge in [0.2, 0.25) is 0 Å². The largest absolute Gasteiger partial charge is 0.370 e. The minimum absolute atomic E-state index is 0.186. The maximum Gasteiger partial charge on any atom is 0.188 e. The minimum Gasteiger partial charge on any atom is -0.370 e. The van der Waals surface area contributed by atoms with Crippen LogP contribution in [0.2, 0.25) is 0 Å². The van der Waals surface area contributed by atoms with Gasteiger partial charge in [0, 0.05) is 52.0 Å². The zero-order valence-corrected chi connectivity index (χ0v) is 11.8. The predicted octanol–water partition coefficient (Wildman–Crippen LogP) is 0.482. The van der Waals surface area contributed by atoms with Crippen molar-refractivity contribution in [2.45, 2.75) is 0 Å². The van der Waals surface area contributed by atoms with Gasteiger partial charge in [0.15, 0.2) is 5.96 Å². The van der Waals surface area contributed by atoms with Crippen molar-refractivity contribution >= 4 is 11.6 Å². The first-order valence-corrected chi connectivity index (χ1v) is 6.88. The van der Waals surface area contributed by atoms with Gasteiger partial charge >= 0.3 is 0 Å². The van der Waals surface area contributed by atoms with E-state index in [9.17, 15) is 4.39 Å². The molecular weight excluding hydrogens is 257 g/mol. The van der Waals surface area contributed by atoms with E-state index in [2.05, 4.69) is 20.1 Å². The lowest BCUT2D eigenvalue weighted by Crippen LogP contribution is -2.49. The molecule has 0 amide bonds. The summed E-state index contributed by atoms with van der Waals surface area (Å²) >= 11 is 0. The summed E-state index contributed by atoms with van der Waals surface area (Å²) in [7, 11) is 1.67. The molecule has 1 saturated heterocycles. The van der Waals surface area contributed by atoms with Crippen LogP contribution in [0.1, 0.15) is 0 Å². The molecule has 0 aromatic heterocycles. The summed E-state index contributed by atoms with van der Waals surface area (Å²) in [5.74, 6) is 0.295. The van der Waals surface area contributed by atoms with Crippen LogP contribution in [0.5, 0.6) is 0 Å². The molecule has 0 bridgehead atoms. The summed E-state index contributed by atoms with van der Waals surface area (Å²) in [6.07, 6.45) is 0. The van der Waals surface area contributed by atoms with Crippen LogP contribution in [0.15, 0.2) is 29.3 Å². The van der Waals surface area contributed by atoms with Crippen molar-refractivity contribution in [2.24, 2.45) is 10.7 Å². The number of piperazine rings is 1. The SMILES string of the molecule is CN=C(N)NCCN1CCN(c2ccc(F)cc2)CC1. The van der Waals surface area contributed by atoms with Crippen LogP contribution in [0.25, 0.3) is 0 Å². The highest BCUT2D eigenvalue weighted by Crippen LogP contribution is 2.16. The number of nitrogens with one attached hydrogen (secondary N) is 1. The Labute approximate surface area is 119 Å². The predicted molar refractivity (Wildman–Crippen MR) is 80.6 cm³/mol. The maximum atomic E-state index is 12.9. The van der Waals surface area contributed by atoms with Crippen molar-refractivity contribution in [3.8, 4) is 0 Å². The molecule has 0 atom stereocenters. The van der Waals surface area contributed by atoms with Gasteiger partial charge in [0.1, 0.15) is 5.82 Å². The first-order chi connectivity index (χ1) is 9.69. The van der Waals surface area contributed by atoms with Crippen molar-refractivity contribution in [2.75, 3.05) is 51.2 Å². The number of hydrogen-bond donors (Lipinski definition) is 2. The Morgan fingerprint density at radius 3 is 2.50 bits per heavy atom. The zero-order valence-electron chi connectivity index (χ0n) is 11.8. The molecule has 0 unspecified atom stereocenters. The molecule has 1 heterocycles. The Morgan fingerprint density at radius 2 is 1.90 bits per heavy atom. The van der Waals surface area contributed by atoms with E-state index in [1.807, 2.05) is 12.1 Å². The van der Waals surface area contributed by atoms with Crippen LogP contribution in [0.4, 0.5) is 10.1 Å². The molecule has 1 fully saturated rings. The Bertz CT molecular complexity index is 437. The molecule has 0 radical (unpaired) electrons. The minimum atomic E-state index is -0.186. The Balaban J connectivity index is 1.73. The number of anilines is 1. The molecule has 1 aromatic rings. The summed E-state index contributed by atoms with van der Waals surface area (Å²) in [6, 6.07) is 6.70. The maximum absolute atomic E-state index is 12.9. The van der Waals surface area contributed by atoms with Crippen LogP contribution >= 0.6 is 0 Å². The second kappa shape index (κ2) is 7.09. The lowest BCUT2D eigenvalue weighted by atomic mass is 10.2. The molecule has 3 N–H and O–H groups in total. The number of benzene rings is 1. The van der Waals surface area contributed by atoms with E-state index in [0.29, 0.717) is 5.96 Å². The Hall–Kier alpha value is -1.82. The molecule has 0 spiro atoms. The molecule has 1 aliphatic rings. The summed E-state index contributed by atoms with van der Waals surface area (Å²) in [4.78, 5) is 8.52. The standard InChI is InChI=1S/C14H22FN5/c1-17-14(16)18-6-7-19-8-10-20(11-9-19)13-4-2-12(15)3-5-13/h2-5H,6-11H2,1H3,(H3,16,17,18). The van der Waals surface area contributed by atoms with Gasteiger partial charge in [0.25, 0.3) is 0 Å². The van der Waals surface area contributed by atoms with E-state index in [4.69, 9.17) is 5.73 Å². The quantitative estimate of drug-likeness (QED) is 0.622. The first kappa shape index (κ1) is 14.6. The van der Waals surface area contributed by atoms with Gasteiger partial charge < -0.3 is 16.0 Å². The van der Waals surface area contributed by atoms with Gasteiger partial charge in [-0.3, -0.25) is 9.89 Å². The summed E-state index contributed by atoms with van der Waals surface area (Å²) in [6.45, 7) is 5.68. The van der Waals surface area contributed by atoms with Crippen LogP contribution in [-0.2, 0) is 0 Å². The van der Waals surface area contributed by atoms with Crippen LogP contribution in [0, 0.1) is 5.82 Å². The number of hydrogen-bond acceptors (Lipinski definition) is 3. The lowest BCUT2D eigenvalue weighted by molar-refractivity contribution is 0.261. The smallest absolute Gasteiger partial charge is 0.188 e. The van der Waals surface area contributed by atoms with E-state index in [-0.39, 0.29) is 5.82 Å². The van der Waals surface area contributed by atoms with Gasteiger partial charge in [-0.2, -0.15) is 0 Å². The number of aliphatic imine (C=N–C) groups is 1. The fraction of sp³-hybridized carbons (Fsp3) is 0.500. The third-order valence-electron chi connectivity index (χ3n) is 3.54. The Kier molecular flexibility index (Phi) is 5.17. The van der Waals surface area contributed by atoms with Crippen molar-refractivity contribution in [3.63, 3.8) is 0 Å². The summed E-state index contributed by atoms with van der Waals surface area (Å²) in [5, 5.41) is 3.06. The molecule has 1 aromatic carbocycles. The number of guanidine groups is 1. The average molecular weight is 279 g/mol. The second-order valence-electron chi connectivity index (χ2n) is 4.84. The molecule has 2 rings (SSSR count). The molecular formula is C14H22FN5. The molecule has 110 valence electrons. The monoisotopic (exact) mass is 279 g/mol. The van der Waals surface area contributed by atoms with Gasteiger partial charge in [-0.15, -0.1) is 0 Å². The number of nitrogens with two attached hydrogens (primary N) is 1. The van der Waals surface area contributed by atoms with E-state index >= 15 is 0 Å². The molecule has 0 saturated carbocycles. The van der Waals surface area contributed by atoms with E-state index in [1.54, 1.807) is 7.05 Å². The average Bonchev–Trinajstić information content (AvgIpc) is 2.48. The van der Waals surface area contributed by atoms with E-state index < -0.39 is 0 Å². The topological polar surface area (TPSA) is 56.9 Å². The van der Waals surface area contributed by atoms with Crippen LogP contribution in [-0.4, -0.2) is 57.2 Å². The lowest BCUT2D eigenvalue weighted by Gasteiger charge is -2.36. The summed E-state index contributed by atoms with van der Waals surface area (Å²) < 4.78 is 12.9. The second-order valence-corrected chi connectivity index (χ2v) is 4.84. The van der Waals surface area contributed by atoms with Crippen LogP contribution in [0.3, 0.4) is 0 Å². The fourth-order valence-electron chi connectivity index (χ4n) is 2.30. The highest BCUT2D eigenvalue weighted by atomic mass is 19.1. The van der Waals surface area contributed by atoms with E-state index in [1.165, 1.54) is 12.1 Å². The van der Waals surface area contributed by atoms with Crippen molar-refractivity contribution in [1.82, 2.24) is 10.2 Å². The molecule has 6 heteroatoms. The van der Waals surface area contributed by atoms with Crippen molar-refractivity contribution < 1.29 is 4.39 Å². The zero-order chi connectivity index (χ0) is 14.4. The van der Waals surface area contributed by atoms with Gasteiger partial charge in [-0.25, -0.2) is 4.39 Å². The molecule has 1 aliphatic heterocycles. The van der Waals surface area contributed by atoms with Crippen molar-refractivity contribution in [3.05, 3.63) is 30.1 Å². The van der Waals surface area contributed by atoms with Crippen LogP contribution < -0.4 is 16.0 Å². The first-order valence-electron chi connectivity index (χ1n) is 6.88. The molecule has 5 nitrogen and oxygen atoms in total. The van der Waals surface area contributed by atoms with Gasteiger partial charge in [-0.1, -0.05) is 0 Å². The third kappa shape index (κ3) is 4.09. The number of halogens is 1. The van der Waals surface area contributed by atoms with Gasteiger partial charge in [0.05, 0.1) is 0 Å². The van der Waals surface area contributed by atoms with E-state index in [0.717, 1.165) is 45.0 Å². The van der Waals surface area contributed by atoms with Crippen molar-refractivity contribution in [1.29, 1.82) is 0 Å². The molecule has 20 heavy (non-hydrogen) atoms. The fourth-order valence-corrected chi connectivity index (χ4v) is 2.30. The highest BCUT2D eigenvalue weighted by molar-refractivity contribution is 5.77. The highest BCUT2D eigenvalue weighted by Gasteiger charge is 2.16. The third-order valence-corrected chi connectivity index (χ3v) is 3.54. The summed E-state index contributed by atoms with van der Waals surface area (Å²) in [5.41, 5.74) is 6.67. The van der Waals surface area contributed by atoms with Gasteiger partial charge in [-0.05, 0) is 24.3 Å². The normalized spacial score (nSPS) is 17.3. The number of rotatable bonds is 4. The Morgan fingerprint density at radius 1 is 1.25 bits per heavy atom. The number of nitrogens with zero attached hydrogens (tertiary/aromatic N) is 3.